The maximum Gasteiger partial charge on any atom is 0.312 e. The van der Waals surface area contributed by atoms with Crippen molar-refractivity contribution in [1.82, 2.24) is 0 Å². The molecule has 306 valence electrons. The Hall–Kier alpha value is -4.44. The summed E-state index contributed by atoms with van der Waals surface area (Å²) in [6.45, 7) is 37.6. The summed E-state index contributed by atoms with van der Waals surface area (Å²) >= 11 is 0. The quantitative estimate of drug-likeness (QED) is 0.167. The molecule has 0 amide bonds. The summed E-state index contributed by atoms with van der Waals surface area (Å²) in [6.07, 6.45) is 5.68. The first-order valence-electron chi connectivity index (χ1n) is 20.7. The fourth-order valence-electron chi connectivity index (χ4n) is 7.46. The Kier molecular flexibility index (Phi) is 13.7. The monoisotopic (exact) mass is 771 g/mol. The summed E-state index contributed by atoms with van der Waals surface area (Å²) < 4.78 is 12.0. The standard InChI is InChI=1S/C25H32O2.C23H26O2.C5H12/c1-24(2,3)16-21(25(4,5)6)23(26)27-22-19-13-9-7-11-17(19)15-18-12-8-10-14-20(18)22;1-7-16-11-19-10-9-18(13-20(19)12-17(16)8-2)15(3)25-21(24)23(6)14-22(23,4)5;1-5(2,3)4/h7-14,21-22H,15-16H2,1-6H3;7-13,15H,1-2,14H2,3-6H3;1-4H3. The van der Waals surface area contributed by atoms with Gasteiger partial charge in [-0.2, -0.15) is 0 Å². The first-order chi connectivity index (χ1) is 26.3. The highest BCUT2D eigenvalue weighted by Gasteiger charge is 2.64. The van der Waals surface area contributed by atoms with Gasteiger partial charge in [-0.05, 0) is 112 Å². The van der Waals surface area contributed by atoms with Crippen LogP contribution in [0.4, 0.5) is 0 Å². The van der Waals surface area contributed by atoms with E-state index in [4.69, 9.17) is 9.47 Å². The van der Waals surface area contributed by atoms with E-state index in [0.29, 0.717) is 5.41 Å². The number of carbonyl (C=O) groups excluding carboxylic acids is 2. The molecular formula is C53H70O4. The highest BCUT2D eigenvalue weighted by atomic mass is 16.5. The van der Waals surface area contributed by atoms with Crippen LogP contribution in [0, 0.1) is 33.0 Å². The number of carbonyl (C=O) groups is 2. The van der Waals surface area contributed by atoms with Gasteiger partial charge in [0.15, 0.2) is 6.10 Å². The van der Waals surface area contributed by atoms with Crippen LogP contribution >= 0.6 is 0 Å². The lowest BCUT2D eigenvalue weighted by atomic mass is 9.72. The van der Waals surface area contributed by atoms with Crippen molar-refractivity contribution in [2.24, 2.45) is 33.0 Å². The summed E-state index contributed by atoms with van der Waals surface area (Å²) in [4.78, 5) is 25.9. The van der Waals surface area contributed by atoms with Crippen LogP contribution in [0.25, 0.3) is 22.9 Å². The third-order valence-corrected chi connectivity index (χ3v) is 11.3. The zero-order valence-electron chi connectivity index (χ0n) is 37.6. The van der Waals surface area contributed by atoms with Crippen LogP contribution < -0.4 is 0 Å². The highest BCUT2D eigenvalue weighted by Crippen LogP contribution is 2.64. The molecule has 4 aromatic rings. The van der Waals surface area contributed by atoms with Gasteiger partial charge in [0.25, 0.3) is 0 Å². The largest absolute Gasteiger partial charge is 0.457 e. The zero-order chi connectivity index (χ0) is 42.7. The molecule has 3 atom stereocenters. The zero-order valence-corrected chi connectivity index (χ0v) is 37.6. The molecule has 4 nitrogen and oxygen atoms in total. The maximum absolute atomic E-state index is 13.3. The average molecular weight is 771 g/mol. The highest BCUT2D eigenvalue weighted by molar-refractivity contribution is 5.89. The summed E-state index contributed by atoms with van der Waals surface area (Å²) in [5.74, 6) is -0.327. The van der Waals surface area contributed by atoms with Crippen LogP contribution in [-0.4, -0.2) is 11.9 Å². The first-order valence-corrected chi connectivity index (χ1v) is 20.7. The Bertz CT molecular complexity index is 2030. The molecule has 0 aromatic heterocycles. The molecule has 4 aromatic carbocycles. The third kappa shape index (κ3) is 11.6. The van der Waals surface area contributed by atoms with E-state index >= 15 is 0 Å². The predicted octanol–water partition coefficient (Wildman–Crippen LogP) is 14.5. The van der Waals surface area contributed by atoms with Crippen LogP contribution in [0.15, 0.2) is 92.0 Å². The number of esters is 2. The molecule has 0 N–H and O–H groups in total. The molecule has 2 aliphatic carbocycles. The smallest absolute Gasteiger partial charge is 0.312 e. The van der Waals surface area contributed by atoms with Gasteiger partial charge >= 0.3 is 11.9 Å². The lowest BCUT2D eigenvalue weighted by Gasteiger charge is -2.36. The fourth-order valence-corrected chi connectivity index (χ4v) is 7.46. The lowest BCUT2D eigenvalue weighted by molar-refractivity contribution is -0.158. The van der Waals surface area contributed by atoms with Gasteiger partial charge in [-0.3, -0.25) is 9.59 Å². The average Bonchev–Trinajstić information content (AvgIpc) is 3.65. The molecule has 0 aliphatic heterocycles. The van der Waals surface area contributed by atoms with E-state index in [1.165, 1.54) is 11.1 Å². The number of ether oxygens (including phenoxy) is 2. The van der Waals surface area contributed by atoms with E-state index in [2.05, 4.69) is 157 Å². The number of benzene rings is 4. The molecule has 4 heteroatoms. The molecule has 57 heavy (non-hydrogen) atoms. The molecular weight excluding hydrogens is 701 g/mol. The second kappa shape index (κ2) is 17.2. The van der Waals surface area contributed by atoms with Crippen LogP contribution in [0.1, 0.15) is 161 Å². The van der Waals surface area contributed by atoms with Gasteiger partial charge in [-0.25, -0.2) is 0 Å². The topological polar surface area (TPSA) is 52.6 Å². The first kappa shape index (κ1) is 45.3. The van der Waals surface area contributed by atoms with E-state index in [1.54, 1.807) is 0 Å². The van der Waals surface area contributed by atoms with Crippen LogP contribution in [0.2, 0.25) is 0 Å². The van der Waals surface area contributed by atoms with Gasteiger partial charge in [0.2, 0.25) is 0 Å². The molecule has 1 fully saturated rings. The van der Waals surface area contributed by atoms with Crippen molar-refractivity contribution in [1.29, 1.82) is 0 Å². The van der Waals surface area contributed by atoms with Crippen LogP contribution in [-0.2, 0) is 25.5 Å². The van der Waals surface area contributed by atoms with Gasteiger partial charge < -0.3 is 9.47 Å². The van der Waals surface area contributed by atoms with Crippen molar-refractivity contribution in [3.05, 3.63) is 131 Å². The van der Waals surface area contributed by atoms with E-state index in [9.17, 15) is 9.59 Å². The lowest BCUT2D eigenvalue weighted by Crippen LogP contribution is -2.35. The Balaban J connectivity index is 0.000000226. The van der Waals surface area contributed by atoms with Crippen molar-refractivity contribution in [3.8, 4) is 0 Å². The molecule has 0 saturated heterocycles. The predicted molar refractivity (Wildman–Crippen MR) is 241 cm³/mol. The van der Waals surface area contributed by atoms with E-state index in [0.717, 1.165) is 57.9 Å². The second-order valence-corrected chi connectivity index (χ2v) is 21.0. The summed E-state index contributed by atoms with van der Waals surface area (Å²) in [6, 6.07) is 27.0. The molecule has 0 spiro atoms. The van der Waals surface area contributed by atoms with Crippen molar-refractivity contribution < 1.29 is 19.1 Å². The van der Waals surface area contributed by atoms with Gasteiger partial charge in [0, 0.05) is 11.1 Å². The van der Waals surface area contributed by atoms with Crippen LogP contribution in [0.5, 0.6) is 0 Å². The SMILES string of the molecule is C=Cc1cc2ccc(C(C)OC(=O)C3(C)CC3(C)C)cc2cc1C=C.CC(C)(C)C.CC(C)(C)CC(C(=O)OC1c2ccccc2Cc2ccccc21)C(C)(C)C. The van der Waals surface area contributed by atoms with Crippen molar-refractivity contribution >= 4 is 34.9 Å². The number of fused-ring (bicyclic) bond motifs is 3. The van der Waals surface area contributed by atoms with E-state index in [1.807, 2.05) is 44.2 Å². The number of rotatable bonds is 8. The minimum atomic E-state index is -0.354. The van der Waals surface area contributed by atoms with Gasteiger partial charge in [-0.1, -0.05) is 169 Å². The van der Waals surface area contributed by atoms with Crippen molar-refractivity contribution in [2.75, 3.05) is 0 Å². The normalized spacial score (nSPS) is 18.2. The van der Waals surface area contributed by atoms with E-state index in [-0.39, 0.29) is 51.7 Å². The van der Waals surface area contributed by atoms with E-state index < -0.39 is 0 Å². The minimum absolute atomic E-state index is 0.0349. The minimum Gasteiger partial charge on any atom is -0.457 e. The maximum atomic E-state index is 13.3. The van der Waals surface area contributed by atoms with Crippen molar-refractivity contribution in [3.63, 3.8) is 0 Å². The Labute approximate surface area is 345 Å². The van der Waals surface area contributed by atoms with Gasteiger partial charge in [-0.15, -0.1) is 0 Å². The Morgan fingerprint density at radius 2 is 1.23 bits per heavy atom. The molecule has 6 rings (SSSR count). The second-order valence-electron chi connectivity index (χ2n) is 21.0. The molecule has 0 heterocycles. The molecule has 0 bridgehead atoms. The summed E-state index contributed by atoms with van der Waals surface area (Å²) in [5, 5.41) is 2.25. The molecule has 0 radical (unpaired) electrons. The fraction of sp³-hybridized carbons (Fsp3) is 0.472. The van der Waals surface area contributed by atoms with Gasteiger partial charge in [0.1, 0.15) is 6.10 Å². The third-order valence-electron chi connectivity index (χ3n) is 11.3. The van der Waals surface area contributed by atoms with Crippen molar-refractivity contribution in [2.45, 2.75) is 128 Å². The molecule has 2 aliphatic rings. The Morgan fingerprint density at radius 3 is 1.67 bits per heavy atom. The Morgan fingerprint density at radius 1 is 0.754 bits per heavy atom. The molecule has 3 unspecified atom stereocenters. The summed E-state index contributed by atoms with van der Waals surface area (Å²) in [7, 11) is 0. The van der Waals surface area contributed by atoms with Crippen LogP contribution in [0.3, 0.4) is 0 Å². The number of hydrogen-bond acceptors (Lipinski definition) is 4. The summed E-state index contributed by atoms with van der Waals surface area (Å²) in [5.41, 5.74) is 7.96. The number of hydrogen-bond donors (Lipinski definition) is 0. The van der Waals surface area contributed by atoms with Gasteiger partial charge in [0.05, 0.1) is 11.3 Å². The molecule has 1 saturated carbocycles.